The second-order valence-electron chi connectivity index (χ2n) is 4.97. The Labute approximate surface area is 122 Å². The van der Waals surface area contributed by atoms with Crippen LogP contribution >= 0.6 is 11.3 Å². The van der Waals surface area contributed by atoms with E-state index in [2.05, 4.69) is 4.98 Å². The van der Waals surface area contributed by atoms with E-state index in [9.17, 15) is 13.2 Å². The molecule has 0 atom stereocenters. The van der Waals surface area contributed by atoms with E-state index >= 15 is 0 Å². The molecule has 7 nitrogen and oxygen atoms in total. The summed E-state index contributed by atoms with van der Waals surface area (Å²) in [7, 11) is -3.69. The van der Waals surface area contributed by atoms with E-state index in [1.165, 1.54) is 6.20 Å². The number of sulfonamides is 1. The highest BCUT2D eigenvalue weighted by atomic mass is 32.2. The molecule has 0 spiro atoms. The summed E-state index contributed by atoms with van der Waals surface area (Å²) in [5.41, 5.74) is 0. The Bertz CT molecular complexity index is 589. The Morgan fingerprint density at radius 1 is 1.35 bits per heavy atom. The van der Waals surface area contributed by atoms with Gasteiger partial charge in [0.05, 0.1) is 6.20 Å². The maximum Gasteiger partial charge on any atom is 0.249 e. The standard InChI is InChI=1S/C11H18N4O3S2/c1-8(2)10(16)14-3-5-15(6-4-14)11-13-7-9(19-11)20(12,17)18/h7-8H,3-6H2,1-2H3,(H2,12,17,18). The summed E-state index contributed by atoms with van der Waals surface area (Å²) in [5.74, 6) is 0.143. The number of carbonyl (C=O) groups is 1. The van der Waals surface area contributed by atoms with Gasteiger partial charge < -0.3 is 9.80 Å². The number of thiazole rings is 1. The van der Waals surface area contributed by atoms with E-state index in [0.29, 0.717) is 31.3 Å². The van der Waals surface area contributed by atoms with E-state index < -0.39 is 10.0 Å². The topological polar surface area (TPSA) is 96.6 Å². The van der Waals surface area contributed by atoms with Crippen molar-refractivity contribution in [2.45, 2.75) is 18.1 Å². The summed E-state index contributed by atoms with van der Waals surface area (Å²) in [6.07, 6.45) is 1.28. The highest BCUT2D eigenvalue weighted by molar-refractivity contribution is 7.91. The number of hydrogen-bond acceptors (Lipinski definition) is 6. The Balaban J connectivity index is 2.01. The predicted octanol–water partition coefficient (Wildman–Crippen LogP) is 0.0951. The van der Waals surface area contributed by atoms with Gasteiger partial charge in [0.2, 0.25) is 15.9 Å². The average Bonchev–Trinajstić information content (AvgIpc) is 2.87. The zero-order valence-corrected chi connectivity index (χ0v) is 13.1. The second-order valence-corrected chi connectivity index (χ2v) is 7.77. The maximum atomic E-state index is 11.9. The summed E-state index contributed by atoms with van der Waals surface area (Å²) < 4.78 is 22.5. The van der Waals surface area contributed by atoms with Crippen molar-refractivity contribution in [3.8, 4) is 0 Å². The smallest absolute Gasteiger partial charge is 0.249 e. The molecule has 0 radical (unpaired) electrons. The molecule has 9 heteroatoms. The first-order chi connectivity index (χ1) is 9.29. The average molecular weight is 318 g/mol. The van der Waals surface area contributed by atoms with E-state index in [1.807, 2.05) is 23.6 Å². The van der Waals surface area contributed by atoms with Crippen molar-refractivity contribution < 1.29 is 13.2 Å². The highest BCUT2D eigenvalue weighted by Gasteiger charge is 2.25. The summed E-state index contributed by atoms with van der Waals surface area (Å²) in [4.78, 5) is 19.8. The molecule has 2 heterocycles. The third-order valence-electron chi connectivity index (χ3n) is 3.11. The van der Waals surface area contributed by atoms with Gasteiger partial charge in [-0.2, -0.15) is 0 Å². The van der Waals surface area contributed by atoms with Gasteiger partial charge in [-0.3, -0.25) is 4.79 Å². The second kappa shape index (κ2) is 5.66. The van der Waals surface area contributed by atoms with E-state index in [0.717, 1.165) is 11.3 Å². The van der Waals surface area contributed by atoms with Crippen molar-refractivity contribution >= 4 is 32.4 Å². The van der Waals surface area contributed by atoms with Gasteiger partial charge in [0.1, 0.15) is 0 Å². The molecular weight excluding hydrogens is 300 g/mol. The number of carbonyl (C=O) groups excluding carboxylic acids is 1. The predicted molar refractivity (Wildman–Crippen MR) is 77.1 cm³/mol. The fraction of sp³-hybridized carbons (Fsp3) is 0.636. The number of amides is 1. The first-order valence-corrected chi connectivity index (χ1v) is 8.67. The molecule has 1 aromatic rings. The number of nitrogens with zero attached hydrogens (tertiary/aromatic N) is 3. The van der Waals surface area contributed by atoms with Crippen LogP contribution in [0.3, 0.4) is 0 Å². The van der Waals surface area contributed by atoms with Crippen LogP contribution < -0.4 is 10.0 Å². The molecule has 1 amide bonds. The lowest BCUT2D eigenvalue weighted by atomic mass is 10.2. The number of primary sulfonamides is 1. The van der Waals surface area contributed by atoms with Crippen LogP contribution in [0.1, 0.15) is 13.8 Å². The molecule has 112 valence electrons. The van der Waals surface area contributed by atoms with Crippen molar-refractivity contribution in [3.63, 3.8) is 0 Å². The summed E-state index contributed by atoms with van der Waals surface area (Å²) >= 11 is 1.06. The molecule has 1 aliphatic heterocycles. The SMILES string of the molecule is CC(C)C(=O)N1CCN(c2ncc(S(N)(=O)=O)s2)CC1. The fourth-order valence-electron chi connectivity index (χ4n) is 2.01. The molecule has 0 unspecified atom stereocenters. The van der Waals surface area contributed by atoms with Gasteiger partial charge in [0.25, 0.3) is 0 Å². The van der Waals surface area contributed by atoms with Crippen LogP contribution in [0.5, 0.6) is 0 Å². The van der Waals surface area contributed by atoms with Crippen molar-refractivity contribution in [2.75, 3.05) is 31.1 Å². The van der Waals surface area contributed by atoms with Gasteiger partial charge in [-0.25, -0.2) is 18.5 Å². The van der Waals surface area contributed by atoms with Crippen molar-refractivity contribution in [1.82, 2.24) is 9.88 Å². The van der Waals surface area contributed by atoms with Crippen molar-refractivity contribution in [2.24, 2.45) is 11.1 Å². The Kier molecular flexibility index (Phi) is 4.31. The largest absolute Gasteiger partial charge is 0.345 e. The minimum absolute atomic E-state index is 0.00426. The van der Waals surface area contributed by atoms with Crippen molar-refractivity contribution in [1.29, 1.82) is 0 Å². The molecule has 2 rings (SSSR count). The number of rotatable bonds is 3. The molecule has 0 saturated carbocycles. The molecule has 1 aliphatic rings. The summed E-state index contributed by atoms with van der Waals surface area (Å²) in [6.45, 7) is 6.32. The summed E-state index contributed by atoms with van der Waals surface area (Å²) in [6, 6.07) is 0. The first-order valence-electron chi connectivity index (χ1n) is 6.31. The third-order valence-corrected chi connectivity index (χ3v) is 5.57. The van der Waals surface area contributed by atoms with Gasteiger partial charge in [0.15, 0.2) is 9.34 Å². The lowest BCUT2D eigenvalue weighted by Crippen LogP contribution is -2.49. The zero-order chi connectivity index (χ0) is 14.9. The monoisotopic (exact) mass is 318 g/mol. The van der Waals surface area contributed by atoms with Crippen LogP contribution in [-0.4, -0.2) is 50.4 Å². The molecule has 1 saturated heterocycles. The van der Waals surface area contributed by atoms with Crippen LogP contribution in [0.25, 0.3) is 0 Å². The molecular formula is C11H18N4O3S2. The number of anilines is 1. The molecule has 1 aromatic heterocycles. The Morgan fingerprint density at radius 3 is 2.40 bits per heavy atom. The Morgan fingerprint density at radius 2 is 1.95 bits per heavy atom. The molecule has 0 aromatic carbocycles. The van der Waals surface area contributed by atoms with E-state index in [-0.39, 0.29) is 16.0 Å². The number of piperazine rings is 1. The van der Waals surface area contributed by atoms with Crippen molar-refractivity contribution in [3.05, 3.63) is 6.20 Å². The van der Waals surface area contributed by atoms with Gasteiger partial charge >= 0.3 is 0 Å². The molecule has 0 bridgehead atoms. The van der Waals surface area contributed by atoms with Gasteiger partial charge in [-0.1, -0.05) is 25.2 Å². The zero-order valence-electron chi connectivity index (χ0n) is 11.4. The lowest BCUT2D eigenvalue weighted by Gasteiger charge is -2.35. The van der Waals surface area contributed by atoms with Crippen LogP contribution in [-0.2, 0) is 14.8 Å². The van der Waals surface area contributed by atoms with Gasteiger partial charge in [0, 0.05) is 32.1 Å². The highest BCUT2D eigenvalue weighted by Crippen LogP contribution is 2.26. The number of nitrogens with two attached hydrogens (primary N) is 1. The number of hydrogen-bond donors (Lipinski definition) is 1. The van der Waals surface area contributed by atoms with Gasteiger partial charge in [-0.05, 0) is 0 Å². The first kappa shape index (κ1) is 15.2. The molecule has 0 aliphatic carbocycles. The summed E-state index contributed by atoms with van der Waals surface area (Å²) in [5, 5.41) is 5.70. The molecule has 2 N–H and O–H groups in total. The quantitative estimate of drug-likeness (QED) is 0.852. The fourth-order valence-corrected chi connectivity index (χ4v) is 3.60. The van der Waals surface area contributed by atoms with E-state index in [4.69, 9.17) is 5.14 Å². The Hall–Kier alpha value is -1.19. The van der Waals surface area contributed by atoms with Crippen LogP contribution in [0.15, 0.2) is 10.4 Å². The molecule has 1 fully saturated rings. The van der Waals surface area contributed by atoms with Crippen LogP contribution in [0, 0.1) is 5.92 Å². The molecule has 20 heavy (non-hydrogen) atoms. The number of aromatic nitrogens is 1. The van der Waals surface area contributed by atoms with Crippen LogP contribution in [0.2, 0.25) is 0 Å². The van der Waals surface area contributed by atoms with E-state index in [1.54, 1.807) is 0 Å². The third kappa shape index (κ3) is 3.28. The lowest BCUT2D eigenvalue weighted by molar-refractivity contribution is -0.134. The van der Waals surface area contributed by atoms with Crippen LogP contribution in [0.4, 0.5) is 5.13 Å². The minimum atomic E-state index is -3.69. The minimum Gasteiger partial charge on any atom is -0.345 e. The maximum absolute atomic E-state index is 11.9. The van der Waals surface area contributed by atoms with Gasteiger partial charge in [-0.15, -0.1) is 0 Å². The normalized spacial score (nSPS) is 16.8.